The Morgan fingerprint density at radius 1 is 1.26 bits per heavy atom. The molecule has 1 unspecified atom stereocenters. The molecule has 0 bridgehead atoms. The number of hydrogen-bond acceptors (Lipinski definition) is 5. The van der Waals surface area contributed by atoms with Crippen LogP contribution in [0.5, 0.6) is 0 Å². The second-order valence-electron chi connectivity index (χ2n) is 6.11. The molecule has 0 spiro atoms. The van der Waals surface area contributed by atoms with Crippen molar-refractivity contribution < 1.29 is 5.11 Å². The number of aromatic nitrogens is 4. The van der Waals surface area contributed by atoms with Gasteiger partial charge in [0, 0.05) is 13.6 Å². The Hall–Kier alpha value is -2.47. The molecule has 0 radical (unpaired) electrons. The van der Waals surface area contributed by atoms with Crippen molar-refractivity contribution in [2.24, 2.45) is 5.92 Å². The minimum Gasteiger partial charge on any atom is -0.391 e. The molecule has 6 heteroatoms. The lowest BCUT2D eigenvalue weighted by atomic mass is 10.2. The van der Waals surface area contributed by atoms with E-state index >= 15 is 0 Å². The second kappa shape index (κ2) is 5.62. The van der Waals surface area contributed by atoms with Crippen LogP contribution in [0.2, 0.25) is 0 Å². The molecule has 2 aromatic heterocycles. The molecule has 3 aromatic rings. The molecule has 1 atom stereocenters. The van der Waals surface area contributed by atoms with Gasteiger partial charge in [-0.15, -0.1) is 0 Å². The number of hydrogen-bond donors (Lipinski definition) is 1. The Labute approximate surface area is 134 Å². The quantitative estimate of drug-likeness (QED) is 0.781. The van der Waals surface area contributed by atoms with Gasteiger partial charge in [0.2, 0.25) is 0 Å². The number of anilines is 1. The summed E-state index contributed by atoms with van der Waals surface area (Å²) in [7, 11) is 1.95. The van der Waals surface area contributed by atoms with E-state index in [1.54, 1.807) is 12.5 Å². The number of para-hydroxylation sites is 1. The third kappa shape index (κ3) is 2.66. The standard InChI is InChI=1S/C17H19N5O/c1-21(10-15(23)12-7-8-12)16-14-9-20-22(17(14)19-11-18-16)13-5-3-2-4-6-13/h2-6,9,11-12,15,23H,7-8,10H2,1H3. The Morgan fingerprint density at radius 3 is 2.78 bits per heavy atom. The van der Waals surface area contributed by atoms with Crippen LogP contribution in [0.25, 0.3) is 16.7 Å². The van der Waals surface area contributed by atoms with E-state index in [0.29, 0.717) is 12.5 Å². The molecule has 6 nitrogen and oxygen atoms in total. The summed E-state index contributed by atoms with van der Waals surface area (Å²) in [5.74, 6) is 1.25. The van der Waals surface area contributed by atoms with Crippen molar-refractivity contribution in [3.63, 3.8) is 0 Å². The summed E-state index contributed by atoms with van der Waals surface area (Å²) in [4.78, 5) is 10.8. The zero-order valence-electron chi connectivity index (χ0n) is 13.0. The molecule has 1 aliphatic carbocycles. The molecule has 0 aliphatic heterocycles. The third-order valence-electron chi connectivity index (χ3n) is 4.33. The van der Waals surface area contributed by atoms with Crippen LogP contribution >= 0.6 is 0 Å². The Kier molecular flexibility index (Phi) is 3.46. The van der Waals surface area contributed by atoms with Crippen LogP contribution in [-0.4, -0.2) is 44.6 Å². The molecule has 0 amide bonds. The fraction of sp³-hybridized carbons (Fsp3) is 0.353. The first kappa shape index (κ1) is 14.1. The van der Waals surface area contributed by atoms with Crippen LogP contribution in [0.3, 0.4) is 0 Å². The third-order valence-corrected chi connectivity index (χ3v) is 4.33. The van der Waals surface area contributed by atoms with Crippen LogP contribution in [0.15, 0.2) is 42.9 Å². The average molecular weight is 309 g/mol. The molecule has 1 aromatic carbocycles. The number of likely N-dealkylation sites (N-methyl/N-ethyl adjacent to an activating group) is 1. The summed E-state index contributed by atoms with van der Waals surface area (Å²) >= 11 is 0. The van der Waals surface area contributed by atoms with E-state index in [-0.39, 0.29) is 6.10 Å². The normalized spacial score (nSPS) is 15.7. The summed E-state index contributed by atoms with van der Waals surface area (Å²) in [6.07, 6.45) is 5.30. The van der Waals surface area contributed by atoms with Gasteiger partial charge in [-0.1, -0.05) is 18.2 Å². The van der Waals surface area contributed by atoms with Gasteiger partial charge in [-0.05, 0) is 30.9 Å². The van der Waals surface area contributed by atoms with Gasteiger partial charge in [0.05, 0.1) is 23.4 Å². The van der Waals surface area contributed by atoms with Crippen molar-refractivity contribution in [2.45, 2.75) is 18.9 Å². The molecule has 1 saturated carbocycles. The van der Waals surface area contributed by atoms with E-state index in [1.165, 1.54) is 0 Å². The Bertz CT molecular complexity index is 812. The van der Waals surface area contributed by atoms with Gasteiger partial charge in [0.15, 0.2) is 5.65 Å². The number of rotatable bonds is 5. The smallest absolute Gasteiger partial charge is 0.168 e. The van der Waals surface area contributed by atoms with Crippen LogP contribution in [0.1, 0.15) is 12.8 Å². The van der Waals surface area contributed by atoms with E-state index in [1.807, 2.05) is 47.0 Å². The maximum atomic E-state index is 10.2. The predicted octanol–water partition coefficient (Wildman–Crippen LogP) is 2.02. The van der Waals surface area contributed by atoms with Crippen molar-refractivity contribution in [3.8, 4) is 5.69 Å². The van der Waals surface area contributed by atoms with Gasteiger partial charge in [0.1, 0.15) is 12.1 Å². The average Bonchev–Trinajstić information content (AvgIpc) is 3.34. The molecular weight excluding hydrogens is 290 g/mol. The van der Waals surface area contributed by atoms with Crippen molar-refractivity contribution in [3.05, 3.63) is 42.9 Å². The maximum absolute atomic E-state index is 10.2. The molecule has 1 N–H and O–H groups in total. The Morgan fingerprint density at radius 2 is 2.04 bits per heavy atom. The van der Waals surface area contributed by atoms with Gasteiger partial charge in [-0.25, -0.2) is 14.6 Å². The van der Waals surface area contributed by atoms with E-state index in [4.69, 9.17) is 0 Å². The zero-order valence-corrected chi connectivity index (χ0v) is 13.0. The zero-order chi connectivity index (χ0) is 15.8. The monoisotopic (exact) mass is 309 g/mol. The largest absolute Gasteiger partial charge is 0.391 e. The van der Waals surface area contributed by atoms with Crippen molar-refractivity contribution in [1.82, 2.24) is 19.7 Å². The van der Waals surface area contributed by atoms with E-state index in [9.17, 15) is 5.11 Å². The first-order valence-electron chi connectivity index (χ1n) is 7.87. The number of fused-ring (bicyclic) bond motifs is 1. The molecule has 0 saturated heterocycles. The topological polar surface area (TPSA) is 67.1 Å². The van der Waals surface area contributed by atoms with Gasteiger partial charge in [-0.2, -0.15) is 5.10 Å². The van der Waals surface area contributed by atoms with Gasteiger partial charge in [-0.3, -0.25) is 0 Å². The number of aliphatic hydroxyl groups excluding tert-OH is 1. The SMILES string of the molecule is CN(CC(O)C1CC1)c1ncnc2c1cnn2-c1ccccc1. The maximum Gasteiger partial charge on any atom is 0.168 e. The van der Waals surface area contributed by atoms with E-state index in [2.05, 4.69) is 15.1 Å². The lowest BCUT2D eigenvalue weighted by molar-refractivity contribution is 0.158. The molecule has 118 valence electrons. The van der Waals surface area contributed by atoms with E-state index < -0.39 is 0 Å². The van der Waals surface area contributed by atoms with Crippen LogP contribution in [-0.2, 0) is 0 Å². The van der Waals surface area contributed by atoms with Crippen LogP contribution < -0.4 is 4.90 Å². The van der Waals surface area contributed by atoms with Gasteiger partial charge < -0.3 is 10.0 Å². The molecule has 1 aliphatic rings. The summed E-state index contributed by atoms with van der Waals surface area (Å²) in [6.45, 7) is 0.577. The second-order valence-corrected chi connectivity index (χ2v) is 6.11. The fourth-order valence-electron chi connectivity index (χ4n) is 2.89. The molecule has 2 heterocycles. The van der Waals surface area contributed by atoms with Crippen LogP contribution in [0.4, 0.5) is 5.82 Å². The molecule has 1 fully saturated rings. The summed E-state index contributed by atoms with van der Waals surface area (Å²) in [5, 5.41) is 15.5. The summed E-state index contributed by atoms with van der Waals surface area (Å²) < 4.78 is 1.81. The number of nitrogens with zero attached hydrogens (tertiary/aromatic N) is 5. The highest BCUT2D eigenvalue weighted by Gasteiger charge is 2.30. The number of benzene rings is 1. The highest BCUT2D eigenvalue weighted by Crippen LogP contribution is 2.33. The minimum absolute atomic E-state index is 0.297. The first-order valence-corrected chi connectivity index (χ1v) is 7.87. The minimum atomic E-state index is -0.297. The van der Waals surface area contributed by atoms with Crippen LogP contribution in [0, 0.1) is 5.92 Å². The highest BCUT2D eigenvalue weighted by atomic mass is 16.3. The molecule has 23 heavy (non-hydrogen) atoms. The van der Waals surface area contributed by atoms with E-state index in [0.717, 1.165) is 35.4 Å². The fourth-order valence-corrected chi connectivity index (χ4v) is 2.89. The number of aliphatic hydroxyl groups is 1. The van der Waals surface area contributed by atoms with Crippen molar-refractivity contribution in [2.75, 3.05) is 18.5 Å². The first-order chi connectivity index (χ1) is 11.2. The summed E-state index contributed by atoms with van der Waals surface area (Å²) in [5.41, 5.74) is 1.74. The molecular formula is C17H19N5O. The summed E-state index contributed by atoms with van der Waals surface area (Å²) in [6, 6.07) is 9.92. The predicted molar refractivity (Wildman–Crippen MR) is 88.7 cm³/mol. The lowest BCUT2D eigenvalue weighted by Crippen LogP contribution is -2.31. The van der Waals surface area contributed by atoms with Gasteiger partial charge >= 0.3 is 0 Å². The highest BCUT2D eigenvalue weighted by molar-refractivity contribution is 5.87. The van der Waals surface area contributed by atoms with Gasteiger partial charge in [0.25, 0.3) is 0 Å². The van der Waals surface area contributed by atoms with Crippen molar-refractivity contribution >= 4 is 16.9 Å². The lowest BCUT2D eigenvalue weighted by Gasteiger charge is -2.21. The van der Waals surface area contributed by atoms with Crippen molar-refractivity contribution in [1.29, 1.82) is 0 Å². The molecule has 4 rings (SSSR count). The Balaban J connectivity index is 1.70.